The smallest absolute Gasteiger partial charge is 0.224 e. The SMILES string of the molecule is CCCCCCCCCCCCCCCCCC(=O)NC(CC)[N+](C)(C)C(CC)NC(=O)CCCCCCCCCCCCCCCCC. The van der Waals surface area contributed by atoms with Crippen molar-refractivity contribution in [1.29, 1.82) is 0 Å². The van der Waals surface area contributed by atoms with Crippen molar-refractivity contribution in [3.8, 4) is 0 Å². The lowest BCUT2D eigenvalue weighted by Crippen LogP contribution is -2.66. The van der Waals surface area contributed by atoms with Crippen LogP contribution in [0.15, 0.2) is 0 Å². The Balaban J connectivity index is 3.98. The molecule has 0 bridgehead atoms. The van der Waals surface area contributed by atoms with E-state index < -0.39 is 0 Å². The Morgan fingerprint density at radius 1 is 0.367 bits per heavy atom. The number of carbonyl (C=O) groups is 2. The van der Waals surface area contributed by atoms with E-state index in [1.165, 1.54) is 167 Å². The molecule has 2 atom stereocenters. The summed E-state index contributed by atoms with van der Waals surface area (Å²) in [4.78, 5) is 25.8. The van der Waals surface area contributed by atoms with Crippen LogP contribution >= 0.6 is 0 Å². The predicted octanol–water partition coefficient (Wildman–Crippen LogP) is 13.3. The second-order valence-corrected chi connectivity index (χ2v) is 16.0. The number of rotatable bonds is 38. The molecule has 0 radical (unpaired) electrons. The molecule has 0 saturated carbocycles. The molecule has 0 aliphatic carbocycles. The second-order valence-electron chi connectivity index (χ2n) is 16.0. The van der Waals surface area contributed by atoms with Gasteiger partial charge in [0.25, 0.3) is 0 Å². The third kappa shape index (κ3) is 29.2. The summed E-state index contributed by atoms with van der Waals surface area (Å²) in [7, 11) is 4.31. The van der Waals surface area contributed by atoms with Gasteiger partial charge in [0.05, 0.1) is 14.1 Å². The van der Waals surface area contributed by atoms with E-state index in [9.17, 15) is 9.59 Å². The molecule has 0 aliphatic heterocycles. The Morgan fingerprint density at radius 3 is 0.776 bits per heavy atom. The lowest BCUT2D eigenvalue weighted by molar-refractivity contribution is -0.943. The molecule has 0 aromatic heterocycles. The van der Waals surface area contributed by atoms with Crippen molar-refractivity contribution in [3.05, 3.63) is 0 Å². The highest BCUT2D eigenvalue weighted by Crippen LogP contribution is 2.18. The van der Waals surface area contributed by atoms with Crippen molar-refractivity contribution < 1.29 is 14.1 Å². The Hall–Kier alpha value is -1.10. The van der Waals surface area contributed by atoms with Crippen LogP contribution in [0.4, 0.5) is 0 Å². The molecule has 0 heterocycles. The maximum atomic E-state index is 12.9. The largest absolute Gasteiger partial charge is 0.307 e. The molecule has 5 nitrogen and oxygen atoms in total. The van der Waals surface area contributed by atoms with Crippen LogP contribution in [0, 0.1) is 0 Å². The average molecular weight is 693 g/mol. The first kappa shape index (κ1) is 47.9. The first-order valence-electron chi connectivity index (χ1n) is 22.2. The van der Waals surface area contributed by atoms with Gasteiger partial charge >= 0.3 is 0 Å². The quantitative estimate of drug-likeness (QED) is 0.0384. The summed E-state index contributed by atoms with van der Waals surface area (Å²) >= 11 is 0. The lowest BCUT2D eigenvalue weighted by Gasteiger charge is -2.43. The molecule has 0 saturated heterocycles. The molecule has 0 aliphatic rings. The van der Waals surface area contributed by atoms with Gasteiger partial charge in [-0.3, -0.25) is 14.1 Å². The van der Waals surface area contributed by atoms with Crippen molar-refractivity contribution in [2.45, 2.75) is 258 Å². The molecule has 49 heavy (non-hydrogen) atoms. The minimum atomic E-state index is -0.000106. The summed E-state index contributed by atoms with van der Waals surface area (Å²) in [5.74, 6) is 0.318. The van der Waals surface area contributed by atoms with Crippen LogP contribution in [0.1, 0.15) is 246 Å². The number of unbranched alkanes of at least 4 members (excludes halogenated alkanes) is 28. The normalized spacial score (nSPS) is 13.0. The highest BCUT2D eigenvalue weighted by molar-refractivity contribution is 5.76. The predicted molar refractivity (Wildman–Crippen MR) is 216 cm³/mol. The molecule has 0 fully saturated rings. The molecule has 0 rings (SSSR count). The van der Waals surface area contributed by atoms with Gasteiger partial charge in [-0.2, -0.15) is 0 Å². The number of hydrogen-bond acceptors (Lipinski definition) is 2. The van der Waals surface area contributed by atoms with E-state index in [2.05, 4.69) is 52.4 Å². The molecular formula is C44H90N3O2+. The number of amides is 2. The fourth-order valence-corrected chi connectivity index (χ4v) is 7.52. The maximum Gasteiger partial charge on any atom is 0.224 e. The molecule has 2 unspecified atom stereocenters. The van der Waals surface area contributed by atoms with Crippen LogP contribution in [-0.4, -0.2) is 42.7 Å². The summed E-state index contributed by atoms with van der Waals surface area (Å²) < 4.78 is 0.586. The Bertz CT molecular complexity index is 667. The van der Waals surface area contributed by atoms with E-state index in [1.54, 1.807) is 0 Å². The van der Waals surface area contributed by atoms with Gasteiger partial charge in [-0.15, -0.1) is 0 Å². The summed E-state index contributed by atoms with van der Waals surface area (Å²) in [6.45, 7) is 8.85. The molecule has 292 valence electrons. The van der Waals surface area contributed by atoms with Crippen LogP contribution in [-0.2, 0) is 9.59 Å². The highest BCUT2D eigenvalue weighted by Gasteiger charge is 2.36. The summed E-state index contributed by atoms with van der Waals surface area (Å²) in [5, 5.41) is 6.65. The second kappa shape index (κ2) is 35.3. The van der Waals surface area contributed by atoms with Crippen molar-refractivity contribution in [2.24, 2.45) is 0 Å². The number of hydrogen-bond donors (Lipinski definition) is 2. The van der Waals surface area contributed by atoms with Crippen molar-refractivity contribution in [3.63, 3.8) is 0 Å². The molecule has 5 heteroatoms. The van der Waals surface area contributed by atoms with Gasteiger partial charge in [0.1, 0.15) is 0 Å². The summed E-state index contributed by atoms with van der Waals surface area (Å²) in [6, 6.07) is 0. The van der Waals surface area contributed by atoms with Gasteiger partial charge in [-0.25, -0.2) is 0 Å². The average Bonchev–Trinajstić information content (AvgIpc) is 3.09. The molecule has 2 N–H and O–H groups in total. The van der Waals surface area contributed by atoms with Crippen molar-refractivity contribution in [2.75, 3.05) is 14.1 Å². The van der Waals surface area contributed by atoms with E-state index in [0.29, 0.717) is 17.3 Å². The molecule has 0 aromatic carbocycles. The zero-order valence-corrected chi connectivity index (χ0v) is 34.5. The molecular weight excluding hydrogens is 603 g/mol. The van der Waals surface area contributed by atoms with Gasteiger partial charge in [-0.05, 0) is 12.8 Å². The lowest BCUT2D eigenvalue weighted by atomic mass is 10.0. The van der Waals surface area contributed by atoms with Crippen molar-refractivity contribution in [1.82, 2.24) is 10.6 Å². The minimum Gasteiger partial charge on any atom is -0.307 e. The van der Waals surface area contributed by atoms with E-state index in [4.69, 9.17) is 0 Å². The first-order chi connectivity index (χ1) is 23.8. The monoisotopic (exact) mass is 693 g/mol. The van der Waals surface area contributed by atoms with Gasteiger partial charge < -0.3 is 10.6 Å². The minimum absolute atomic E-state index is 0.000106. The molecule has 0 spiro atoms. The standard InChI is InChI=1S/C44H89N3O2/c1-7-11-13-15-17-19-21-23-25-27-29-31-33-35-37-39-43(48)45-41(9-3)47(5,6)42(10-4)46-44(49)40-38-36-34-32-30-28-26-24-22-20-18-16-14-12-8-2/h41-42H,7-40H2,1-6H3,(H-,45,46,48,49)/p+1. The number of carbonyl (C=O) groups excluding carboxylic acids is 2. The third-order valence-corrected chi connectivity index (χ3v) is 11.0. The third-order valence-electron chi connectivity index (χ3n) is 11.0. The van der Waals surface area contributed by atoms with Crippen LogP contribution < -0.4 is 10.6 Å². The van der Waals surface area contributed by atoms with Gasteiger partial charge in [-0.1, -0.05) is 207 Å². The van der Waals surface area contributed by atoms with Crippen LogP contribution in [0.2, 0.25) is 0 Å². The summed E-state index contributed by atoms with van der Waals surface area (Å²) in [5.41, 5.74) is 0. The summed E-state index contributed by atoms with van der Waals surface area (Å²) in [6.07, 6.45) is 43.0. The molecule has 0 aromatic rings. The highest BCUT2D eigenvalue weighted by atomic mass is 16.2. The first-order valence-corrected chi connectivity index (χ1v) is 22.2. The van der Waals surface area contributed by atoms with Gasteiger partial charge in [0.2, 0.25) is 11.8 Å². The number of nitrogens with zero attached hydrogens (tertiary/aromatic N) is 1. The van der Waals surface area contributed by atoms with Gasteiger partial charge in [0.15, 0.2) is 12.3 Å². The Labute approximate surface area is 308 Å². The topological polar surface area (TPSA) is 58.2 Å². The number of quaternary nitrogens is 1. The fraction of sp³-hybridized carbons (Fsp3) is 0.955. The van der Waals surface area contributed by atoms with Crippen LogP contribution in [0.25, 0.3) is 0 Å². The number of nitrogens with one attached hydrogen (secondary N) is 2. The van der Waals surface area contributed by atoms with E-state index in [-0.39, 0.29) is 24.1 Å². The maximum absolute atomic E-state index is 12.9. The van der Waals surface area contributed by atoms with E-state index in [0.717, 1.165) is 38.5 Å². The van der Waals surface area contributed by atoms with Gasteiger partial charge in [0, 0.05) is 25.7 Å². The zero-order valence-electron chi connectivity index (χ0n) is 34.5. The van der Waals surface area contributed by atoms with Crippen LogP contribution in [0.5, 0.6) is 0 Å². The van der Waals surface area contributed by atoms with Crippen LogP contribution in [0.3, 0.4) is 0 Å². The van der Waals surface area contributed by atoms with Crippen molar-refractivity contribution >= 4 is 11.8 Å². The van der Waals surface area contributed by atoms with E-state index >= 15 is 0 Å². The zero-order chi connectivity index (χ0) is 36.3. The Kier molecular flexibility index (Phi) is 34.5. The fourth-order valence-electron chi connectivity index (χ4n) is 7.52. The Morgan fingerprint density at radius 2 is 0.571 bits per heavy atom. The molecule has 2 amide bonds. The van der Waals surface area contributed by atoms with E-state index in [1.807, 2.05) is 0 Å².